The number of aliphatic hydroxyl groups excluding tert-OH is 1. The highest BCUT2D eigenvalue weighted by Crippen LogP contribution is 2.11. The zero-order chi connectivity index (χ0) is 12.3. The number of halogens is 1. The highest BCUT2D eigenvalue weighted by Gasteiger charge is 2.24. The van der Waals surface area contributed by atoms with Crippen LogP contribution < -0.4 is 5.73 Å². The van der Waals surface area contributed by atoms with Crippen molar-refractivity contribution < 1.29 is 5.11 Å². The van der Waals surface area contributed by atoms with E-state index >= 15 is 0 Å². The van der Waals surface area contributed by atoms with E-state index in [4.69, 9.17) is 17.3 Å². The molecule has 0 radical (unpaired) electrons. The minimum atomic E-state index is 0.00950. The lowest BCUT2D eigenvalue weighted by Gasteiger charge is -2.24. The summed E-state index contributed by atoms with van der Waals surface area (Å²) in [5.74, 6) is 0.506. The third-order valence-corrected chi connectivity index (χ3v) is 3.06. The van der Waals surface area contributed by atoms with E-state index in [1.54, 1.807) is 12.3 Å². The third-order valence-electron chi connectivity index (χ3n) is 2.84. The van der Waals surface area contributed by atoms with Gasteiger partial charge in [-0.25, -0.2) is 4.98 Å². The van der Waals surface area contributed by atoms with Crippen molar-refractivity contribution in [2.75, 3.05) is 19.7 Å². The summed E-state index contributed by atoms with van der Waals surface area (Å²) >= 11 is 5.71. The average Bonchev–Trinajstić information content (AvgIpc) is 2.69. The number of hydrogen-bond donors (Lipinski definition) is 2. The van der Waals surface area contributed by atoms with Gasteiger partial charge >= 0.3 is 0 Å². The van der Waals surface area contributed by atoms with Crippen molar-refractivity contribution in [2.45, 2.75) is 12.5 Å². The van der Waals surface area contributed by atoms with Crippen LogP contribution in [0.4, 0.5) is 0 Å². The molecule has 0 aliphatic carbocycles. The monoisotopic (exact) mass is 254 g/mol. The number of aliphatic hydroxyl groups is 1. The Kier molecular flexibility index (Phi) is 3.81. The third kappa shape index (κ3) is 2.87. The largest absolute Gasteiger partial charge is 0.394 e. The van der Waals surface area contributed by atoms with Crippen molar-refractivity contribution in [1.29, 1.82) is 0 Å². The number of nitrogens with two attached hydrogens (primary N) is 1. The van der Waals surface area contributed by atoms with Crippen LogP contribution >= 0.6 is 11.6 Å². The molecule has 1 atom stereocenters. The van der Waals surface area contributed by atoms with Crippen molar-refractivity contribution in [2.24, 2.45) is 10.7 Å². The molecule has 17 heavy (non-hydrogen) atoms. The molecule has 1 unspecified atom stereocenters. The Bertz CT molecular complexity index is 406. The number of rotatable bonds is 4. The molecular formula is C11H15ClN4O. The SMILES string of the molecule is NC1=NCC(CO)N1CCc1ccc(Cl)nc1. The fraction of sp³-hybridized carbons (Fsp3) is 0.455. The van der Waals surface area contributed by atoms with Crippen molar-refractivity contribution in [1.82, 2.24) is 9.88 Å². The van der Waals surface area contributed by atoms with Gasteiger partial charge in [0.25, 0.3) is 0 Å². The Morgan fingerprint density at radius 3 is 3.00 bits per heavy atom. The summed E-state index contributed by atoms with van der Waals surface area (Å²) in [6.07, 6.45) is 2.55. The van der Waals surface area contributed by atoms with Gasteiger partial charge in [-0.1, -0.05) is 17.7 Å². The molecule has 2 heterocycles. The van der Waals surface area contributed by atoms with Crippen LogP contribution in [0.5, 0.6) is 0 Å². The zero-order valence-electron chi connectivity index (χ0n) is 9.38. The van der Waals surface area contributed by atoms with Gasteiger partial charge in [0.2, 0.25) is 0 Å². The van der Waals surface area contributed by atoms with Crippen LogP contribution in [0.15, 0.2) is 23.3 Å². The quantitative estimate of drug-likeness (QED) is 0.757. The maximum Gasteiger partial charge on any atom is 0.191 e. The molecule has 0 amide bonds. The number of aliphatic imine (C=N–C) groups is 1. The van der Waals surface area contributed by atoms with Crippen LogP contribution in [-0.4, -0.2) is 46.7 Å². The number of guanidine groups is 1. The minimum Gasteiger partial charge on any atom is -0.394 e. The highest BCUT2D eigenvalue weighted by atomic mass is 35.5. The van der Waals surface area contributed by atoms with E-state index in [0.717, 1.165) is 18.5 Å². The molecule has 5 nitrogen and oxygen atoms in total. The van der Waals surface area contributed by atoms with E-state index in [0.29, 0.717) is 17.7 Å². The molecule has 0 saturated heterocycles. The molecule has 1 aromatic rings. The fourth-order valence-electron chi connectivity index (χ4n) is 1.83. The van der Waals surface area contributed by atoms with Crippen LogP contribution in [0.3, 0.4) is 0 Å². The molecule has 2 rings (SSSR count). The molecule has 92 valence electrons. The molecular weight excluding hydrogens is 240 g/mol. The Hall–Kier alpha value is -1.33. The van der Waals surface area contributed by atoms with Crippen molar-refractivity contribution in [3.8, 4) is 0 Å². The van der Waals surface area contributed by atoms with Crippen LogP contribution in [-0.2, 0) is 6.42 Å². The van der Waals surface area contributed by atoms with E-state index in [1.165, 1.54) is 0 Å². The topological polar surface area (TPSA) is 74.7 Å². The fourth-order valence-corrected chi connectivity index (χ4v) is 1.94. The number of hydrogen-bond acceptors (Lipinski definition) is 5. The van der Waals surface area contributed by atoms with Gasteiger partial charge in [-0.2, -0.15) is 0 Å². The lowest BCUT2D eigenvalue weighted by atomic mass is 10.2. The maximum atomic E-state index is 9.19. The summed E-state index contributed by atoms with van der Waals surface area (Å²) in [6, 6.07) is 3.71. The van der Waals surface area contributed by atoms with Gasteiger partial charge in [0, 0.05) is 12.7 Å². The molecule has 1 aromatic heterocycles. The summed E-state index contributed by atoms with van der Waals surface area (Å²) in [4.78, 5) is 10.1. The van der Waals surface area contributed by atoms with Gasteiger partial charge in [-0.15, -0.1) is 0 Å². The first kappa shape index (κ1) is 12.1. The molecule has 0 bridgehead atoms. The normalized spacial score (nSPS) is 19.5. The molecule has 0 saturated carbocycles. The molecule has 0 aromatic carbocycles. The highest BCUT2D eigenvalue weighted by molar-refractivity contribution is 6.29. The number of pyridine rings is 1. The predicted octanol–water partition coefficient (Wildman–Crippen LogP) is 0.269. The summed E-state index contributed by atoms with van der Waals surface area (Å²) in [7, 11) is 0. The second-order valence-electron chi connectivity index (χ2n) is 3.97. The lowest BCUT2D eigenvalue weighted by Crippen LogP contribution is -2.43. The van der Waals surface area contributed by atoms with E-state index < -0.39 is 0 Å². The van der Waals surface area contributed by atoms with Crippen LogP contribution in [0.1, 0.15) is 5.56 Å². The summed E-state index contributed by atoms with van der Waals surface area (Å²) < 4.78 is 0. The van der Waals surface area contributed by atoms with Crippen LogP contribution in [0.25, 0.3) is 0 Å². The summed E-state index contributed by atoms with van der Waals surface area (Å²) in [5.41, 5.74) is 6.85. The zero-order valence-corrected chi connectivity index (χ0v) is 10.1. The molecule has 0 spiro atoms. The second kappa shape index (κ2) is 5.33. The van der Waals surface area contributed by atoms with Crippen molar-refractivity contribution >= 4 is 17.6 Å². The van der Waals surface area contributed by atoms with Crippen LogP contribution in [0.2, 0.25) is 5.15 Å². The summed E-state index contributed by atoms with van der Waals surface area (Å²) in [6.45, 7) is 1.37. The van der Waals surface area contributed by atoms with E-state index in [-0.39, 0.29) is 12.6 Å². The van der Waals surface area contributed by atoms with Gasteiger partial charge in [-0.05, 0) is 18.1 Å². The molecule has 0 fully saturated rings. The van der Waals surface area contributed by atoms with Gasteiger partial charge in [-0.3, -0.25) is 4.99 Å². The van der Waals surface area contributed by atoms with Crippen molar-refractivity contribution in [3.05, 3.63) is 29.0 Å². The van der Waals surface area contributed by atoms with Gasteiger partial charge in [0.15, 0.2) is 5.96 Å². The van der Waals surface area contributed by atoms with E-state index in [2.05, 4.69) is 9.98 Å². The average molecular weight is 255 g/mol. The van der Waals surface area contributed by atoms with Gasteiger partial charge < -0.3 is 15.7 Å². The van der Waals surface area contributed by atoms with E-state index in [1.807, 2.05) is 11.0 Å². The molecule has 3 N–H and O–H groups in total. The van der Waals surface area contributed by atoms with Gasteiger partial charge in [0.05, 0.1) is 19.2 Å². The first-order chi connectivity index (χ1) is 8.20. The number of aromatic nitrogens is 1. The van der Waals surface area contributed by atoms with Crippen LogP contribution in [0, 0.1) is 0 Å². The van der Waals surface area contributed by atoms with Gasteiger partial charge in [0.1, 0.15) is 5.15 Å². The Morgan fingerprint density at radius 1 is 1.53 bits per heavy atom. The Labute approximate surface area is 105 Å². The molecule has 6 heteroatoms. The Balaban J connectivity index is 1.93. The molecule has 1 aliphatic heterocycles. The molecule has 1 aliphatic rings. The lowest BCUT2D eigenvalue weighted by molar-refractivity contribution is 0.196. The smallest absolute Gasteiger partial charge is 0.191 e. The first-order valence-electron chi connectivity index (χ1n) is 5.48. The standard InChI is InChI=1S/C11H15ClN4O/c12-10-2-1-8(5-14-10)3-4-16-9(7-17)6-15-11(16)13/h1-2,5,9,17H,3-4,6-7H2,(H2,13,15). The predicted molar refractivity (Wildman–Crippen MR) is 67.0 cm³/mol. The minimum absolute atomic E-state index is 0.00950. The van der Waals surface area contributed by atoms with Crippen molar-refractivity contribution in [3.63, 3.8) is 0 Å². The first-order valence-corrected chi connectivity index (χ1v) is 5.86. The van der Waals surface area contributed by atoms with E-state index in [9.17, 15) is 5.11 Å². The Morgan fingerprint density at radius 2 is 2.35 bits per heavy atom. The number of nitrogens with zero attached hydrogens (tertiary/aromatic N) is 3. The maximum absolute atomic E-state index is 9.19. The summed E-state index contributed by atoms with van der Waals surface area (Å²) in [5, 5.41) is 9.68. The second-order valence-corrected chi connectivity index (χ2v) is 4.36.